The number of methoxy groups -OCH3 is 1. The fourth-order valence-corrected chi connectivity index (χ4v) is 4.36. The number of hydrogen-bond donors (Lipinski definition) is 0. The molecule has 0 spiro atoms. The Bertz CT molecular complexity index is 1250. The molecule has 2 atom stereocenters. The highest BCUT2D eigenvalue weighted by Gasteiger charge is 2.31. The fraction of sp³-hybridized carbons (Fsp3) is 0.346. The second-order valence-corrected chi connectivity index (χ2v) is 8.36. The van der Waals surface area contributed by atoms with Gasteiger partial charge in [0.1, 0.15) is 11.3 Å². The first-order valence-electron chi connectivity index (χ1n) is 11.0. The van der Waals surface area contributed by atoms with Gasteiger partial charge in [-0.05, 0) is 49.9 Å². The minimum Gasteiger partial charge on any atom is -0.481 e. The minimum atomic E-state index is -0.759. The molecule has 1 amide bonds. The SMILES string of the molecule is COC(=O)C1CCCN(C(=O)C(C)Oc2ccc3c(-c4ccccc4C)cc(=O)oc3c2)C1. The topological polar surface area (TPSA) is 86.0 Å². The Morgan fingerprint density at radius 3 is 2.67 bits per heavy atom. The Kier molecular flexibility index (Phi) is 6.49. The van der Waals surface area contributed by atoms with Crippen molar-refractivity contribution in [3.8, 4) is 16.9 Å². The summed E-state index contributed by atoms with van der Waals surface area (Å²) >= 11 is 0. The molecule has 172 valence electrons. The molecule has 2 unspecified atom stereocenters. The summed E-state index contributed by atoms with van der Waals surface area (Å²) in [4.78, 5) is 38.7. The van der Waals surface area contributed by atoms with Gasteiger partial charge in [0.05, 0.1) is 13.0 Å². The molecule has 2 aromatic carbocycles. The number of fused-ring (bicyclic) bond motifs is 1. The van der Waals surface area contributed by atoms with Crippen LogP contribution in [0.2, 0.25) is 0 Å². The van der Waals surface area contributed by atoms with Crippen molar-refractivity contribution in [2.45, 2.75) is 32.8 Å². The molecule has 0 bridgehead atoms. The maximum Gasteiger partial charge on any atom is 0.336 e. The molecule has 0 saturated carbocycles. The largest absolute Gasteiger partial charge is 0.481 e. The third-order valence-electron chi connectivity index (χ3n) is 6.08. The lowest BCUT2D eigenvalue weighted by atomic mass is 9.98. The van der Waals surface area contributed by atoms with Crippen molar-refractivity contribution in [3.05, 3.63) is 64.5 Å². The molecule has 0 aliphatic carbocycles. The summed E-state index contributed by atoms with van der Waals surface area (Å²) < 4.78 is 16.2. The van der Waals surface area contributed by atoms with E-state index in [1.54, 1.807) is 24.0 Å². The highest BCUT2D eigenvalue weighted by atomic mass is 16.5. The van der Waals surface area contributed by atoms with Gasteiger partial charge < -0.3 is 18.8 Å². The summed E-state index contributed by atoms with van der Waals surface area (Å²) in [6.07, 6.45) is 0.685. The summed E-state index contributed by atoms with van der Waals surface area (Å²) in [5, 5.41) is 0.784. The first-order chi connectivity index (χ1) is 15.9. The lowest BCUT2D eigenvalue weighted by molar-refractivity contribution is -0.150. The molecule has 0 radical (unpaired) electrons. The van der Waals surface area contributed by atoms with Gasteiger partial charge in [-0.25, -0.2) is 4.79 Å². The molecule has 1 saturated heterocycles. The molecule has 1 aliphatic rings. The molecular weight excluding hydrogens is 422 g/mol. The van der Waals surface area contributed by atoms with Crippen LogP contribution in [0.5, 0.6) is 5.75 Å². The highest BCUT2D eigenvalue weighted by molar-refractivity contribution is 5.94. The molecule has 4 rings (SSSR count). The quantitative estimate of drug-likeness (QED) is 0.433. The van der Waals surface area contributed by atoms with Crippen molar-refractivity contribution in [1.82, 2.24) is 4.90 Å². The van der Waals surface area contributed by atoms with Gasteiger partial charge in [0.2, 0.25) is 0 Å². The molecule has 1 aromatic heterocycles. The maximum absolute atomic E-state index is 12.9. The monoisotopic (exact) mass is 449 g/mol. The number of ether oxygens (including phenoxy) is 2. The molecule has 7 nitrogen and oxygen atoms in total. The van der Waals surface area contributed by atoms with E-state index in [0.717, 1.165) is 28.5 Å². The number of piperidine rings is 1. The molecule has 0 N–H and O–H groups in total. The van der Waals surface area contributed by atoms with E-state index in [2.05, 4.69) is 0 Å². The van der Waals surface area contributed by atoms with E-state index in [4.69, 9.17) is 13.9 Å². The van der Waals surface area contributed by atoms with Crippen LogP contribution in [0.15, 0.2) is 57.7 Å². The van der Waals surface area contributed by atoms with E-state index in [9.17, 15) is 14.4 Å². The fourth-order valence-electron chi connectivity index (χ4n) is 4.36. The van der Waals surface area contributed by atoms with Gasteiger partial charge in [-0.1, -0.05) is 24.3 Å². The van der Waals surface area contributed by atoms with Gasteiger partial charge in [0, 0.05) is 36.2 Å². The number of likely N-dealkylation sites (tertiary alicyclic amines) is 1. The molecular formula is C26H27NO6. The van der Waals surface area contributed by atoms with Crippen LogP contribution in [-0.4, -0.2) is 43.1 Å². The van der Waals surface area contributed by atoms with Gasteiger partial charge >= 0.3 is 11.6 Å². The van der Waals surface area contributed by atoms with Crippen LogP contribution in [0.25, 0.3) is 22.1 Å². The Morgan fingerprint density at radius 2 is 1.91 bits per heavy atom. The smallest absolute Gasteiger partial charge is 0.336 e. The van der Waals surface area contributed by atoms with Crippen molar-refractivity contribution in [2.75, 3.05) is 20.2 Å². The van der Waals surface area contributed by atoms with E-state index in [0.29, 0.717) is 30.8 Å². The van der Waals surface area contributed by atoms with Crippen LogP contribution >= 0.6 is 0 Å². The zero-order valence-corrected chi connectivity index (χ0v) is 19.0. The second kappa shape index (κ2) is 9.48. The van der Waals surface area contributed by atoms with Crippen molar-refractivity contribution in [3.63, 3.8) is 0 Å². The third-order valence-corrected chi connectivity index (χ3v) is 6.08. The predicted molar refractivity (Wildman–Crippen MR) is 124 cm³/mol. The lowest BCUT2D eigenvalue weighted by Crippen LogP contribution is -2.47. The normalized spacial score (nSPS) is 16.9. The number of carbonyl (C=O) groups is 2. The van der Waals surface area contributed by atoms with Crippen LogP contribution < -0.4 is 10.4 Å². The molecule has 2 heterocycles. The first kappa shape index (κ1) is 22.6. The maximum atomic E-state index is 12.9. The van der Waals surface area contributed by atoms with Crippen LogP contribution in [0.4, 0.5) is 0 Å². The van der Waals surface area contributed by atoms with Gasteiger partial charge in [-0.3, -0.25) is 9.59 Å². The Labute approximate surface area is 191 Å². The van der Waals surface area contributed by atoms with E-state index >= 15 is 0 Å². The number of benzene rings is 2. The number of carbonyl (C=O) groups excluding carboxylic acids is 2. The van der Waals surface area contributed by atoms with E-state index in [-0.39, 0.29) is 17.8 Å². The van der Waals surface area contributed by atoms with E-state index in [1.165, 1.54) is 13.2 Å². The van der Waals surface area contributed by atoms with Crippen LogP contribution in [0.3, 0.4) is 0 Å². The van der Waals surface area contributed by atoms with Crippen LogP contribution in [-0.2, 0) is 14.3 Å². The predicted octanol–water partition coefficient (Wildman–Crippen LogP) is 3.95. The third kappa shape index (κ3) is 4.77. The van der Waals surface area contributed by atoms with Crippen LogP contribution in [0, 0.1) is 12.8 Å². The van der Waals surface area contributed by atoms with Crippen LogP contribution in [0.1, 0.15) is 25.3 Å². The summed E-state index contributed by atoms with van der Waals surface area (Å²) in [5.74, 6) is -0.376. The summed E-state index contributed by atoms with van der Waals surface area (Å²) in [5.41, 5.74) is 2.73. The first-order valence-corrected chi connectivity index (χ1v) is 11.0. The number of amides is 1. The zero-order chi connectivity index (χ0) is 23.5. The lowest BCUT2D eigenvalue weighted by Gasteiger charge is -2.33. The van der Waals surface area contributed by atoms with Gasteiger partial charge in [-0.15, -0.1) is 0 Å². The Hall–Kier alpha value is -3.61. The van der Waals surface area contributed by atoms with Crippen molar-refractivity contribution in [1.29, 1.82) is 0 Å². The number of aryl methyl sites for hydroxylation is 1. The standard InChI is InChI=1S/C26H27NO6/c1-16-7-4-5-9-20(16)22-14-24(28)33-23-13-19(10-11-21(22)23)32-17(2)25(29)27-12-6-8-18(15-27)26(30)31-3/h4-5,7,9-11,13-14,17-18H,6,8,12,15H2,1-3H3. The number of hydrogen-bond acceptors (Lipinski definition) is 6. The van der Waals surface area contributed by atoms with Crippen molar-refractivity contribution >= 4 is 22.8 Å². The van der Waals surface area contributed by atoms with Crippen molar-refractivity contribution in [2.24, 2.45) is 5.92 Å². The van der Waals surface area contributed by atoms with E-state index in [1.807, 2.05) is 37.3 Å². The zero-order valence-electron chi connectivity index (χ0n) is 19.0. The summed E-state index contributed by atoms with van der Waals surface area (Å²) in [6, 6.07) is 14.6. The average Bonchev–Trinajstić information content (AvgIpc) is 2.82. The average molecular weight is 450 g/mol. The minimum absolute atomic E-state index is 0.196. The number of nitrogens with zero attached hydrogens (tertiary/aromatic N) is 1. The highest BCUT2D eigenvalue weighted by Crippen LogP contribution is 2.32. The molecule has 1 fully saturated rings. The summed E-state index contributed by atoms with van der Waals surface area (Å²) in [6.45, 7) is 4.57. The van der Waals surface area contributed by atoms with E-state index < -0.39 is 11.7 Å². The molecule has 7 heteroatoms. The Morgan fingerprint density at radius 1 is 1.12 bits per heavy atom. The van der Waals surface area contributed by atoms with Gasteiger partial charge in [-0.2, -0.15) is 0 Å². The molecule has 33 heavy (non-hydrogen) atoms. The number of rotatable bonds is 5. The van der Waals surface area contributed by atoms with Gasteiger partial charge in [0.15, 0.2) is 6.10 Å². The van der Waals surface area contributed by atoms with Gasteiger partial charge in [0.25, 0.3) is 5.91 Å². The summed E-state index contributed by atoms with van der Waals surface area (Å²) in [7, 11) is 1.36. The Balaban J connectivity index is 1.56. The van der Waals surface area contributed by atoms with Crippen molar-refractivity contribution < 1.29 is 23.5 Å². The molecule has 1 aliphatic heterocycles. The molecule has 3 aromatic rings. The number of esters is 1. The second-order valence-electron chi connectivity index (χ2n) is 8.36.